The number of benzene rings is 2. The van der Waals surface area contributed by atoms with Crippen LogP contribution in [0.15, 0.2) is 35.3 Å². The van der Waals surface area contributed by atoms with Crippen LogP contribution in [-0.4, -0.2) is 45.6 Å². The summed E-state index contributed by atoms with van der Waals surface area (Å²) in [5, 5.41) is 12.3. The largest absolute Gasteiger partial charge is 0.481 e. The molecule has 4 rings (SSSR count). The topological polar surface area (TPSA) is 91.6 Å². The first-order chi connectivity index (χ1) is 24.7. The molecular weight excluding hydrogens is 700 g/mol. The molecule has 0 radical (unpaired) electrons. The minimum absolute atomic E-state index is 0.0757. The summed E-state index contributed by atoms with van der Waals surface area (Å²) >= 11 is 0. The SMILES string of the molecule is CC#Cc1cc(-c2c(C)cc(F)cc2C)c(F)c([C@H](CC(=O)O)NC(=O)[C@@H](CC(C)C)n2cc(C3CCN(C(C)C)CC3)c(C(F)(F)F)cc2=O)c1F. The smallest absolute Gasteiger partial charge is 0.416 e. The third-order valence-electron chi connectivity index (χ3n) is 9.75. The molecule has 13 heteroatoms. The van der Waals surface area contributed by atoms with Gasteiger partial charge in [0, 0.05) is 29.4 Å². The number of piperidine rings is 1. The van der Waals surface area contributed by atoms with Crippen molar-refractivity contribution < 1.29 is 41.0 Å². The Morgan fingerprint density at radius 1 is 0.981 bits per heavy atom. The number of likely N-dealkylation sites (tertiary alicyclic amines) is 1. The van der Waals surface area contributed by atoms with Crippen LogP contribution in [0.3, 0.4) is 0 Å². The quantitative estimate of drug-likeness (QED) is 0.152. The average molecular weight is 746 g/mol. The summed E-state index contributed by atoms with van der Waals surface area (Å²) in [6.07, 6.45) is -4.10. The van der Waals surface area contributed by atoms with Gasteiger partial charge in [0.15, 0.2) is 0 Å². The van der Waals surface area contributed by atoms with Crippen LogP contribution in [0.5, 0.6) is 0 Å². The van der Waals surface area contributed by atoms with Crippen molar-refractivity contribution in [2.75, 3.05) is 13.1 Å². The van der Waals surface area contributed by atoms with Gasteiger partial charge in [-0.3, -0.25) is 14.4 Å². The molecule has 1 aromatic heterocycles. The molecule has 2 N–H and O–H groups in total. The Hall–Kier alpha value is -4.57. The molecule has 0 aliphatic carbocycles. The third kappa shape index (κ3) is 9.33. The summed E-state index contributed by atoms with van der Waals surface area (Å²) in [5.41, 5.74) is -2.85. The van der Waals surface area contributed by atoms with Crippen LogP contribution in [0, 0.1) is 49.1 Å². The number of aliphatic carboxylic acids is 1. The van der Waals surface area contributed by atoms with E-state index in [4.69, 9.17) is 0 Å². The number of aromatic nitrogens is 1. The minimum Gasteiger partial charge on any atom is -0.481 e. The van der Waals surface area contributed by atoms with Crippen molar-refractivity contribution in [1.82, 2.24) is 14.8 Å². The number of carboxylic acid groups (broad SMARTS) is 1. The molecule has 2 aromatic carbocycles. The van der Waals surface area contributed by atoms with Crippen LogP contribution >= 0.6 is 0 Å². The lowest BCUT2D eigenvalue weighted by atomic mass is 9.86. The maximum absolute atomic E-state index is 16.7. The van der Waals surface area contributed by atoms with E-state index in [1.807, 2.05) is 13.8 Å². The van der Waals surface area contributed by atoms with Gasteiger partial charge >= 0.3 is 12.1 Å². The zero-order valence-corrected chi connectivity index (χ0v) is 30.9. The summed E-state index contributed by atoms with van der Waals surface area (Å²) < 4.78 is 91.1. The van der Waals surface area contributed by atoms with E-state index in [0.717, 1.165) is 29.0 Å². The molecule has 0 unspecified atom stereocenters. The highest BCUT2D eigenvalue weighted by molar-refractivity contribution is 5.82. The fourth-order valence-corrected chi connectivity index (χ4v) is 7.27. The molecule has 1 aliphatic heterocycles. The van der Waals surface area contributed by atoms with E-state index in [1.165, 1.54) is 20.8 Å². The lowest BCUT2D eigenvalue weighted by Crippen LogP contribution is -2.41. The average Bonchev–Trinajstić information content (AvgIpc) is 3.04. The van der Waals surface area contributed by atoms with E-state index in [-0.39, 0.29) is 40.6 Å². The molecule has 7 nitrogen and oxygen atoms in total. The molecule has 286 valence electrons. The number of hydrogen-bond donors (Lipinski definition) is 2. The van der Waals surface area contributed by atoms with Gasteiger partial charge in [0.1, 0.15) is 23.5 Å². The second-order valence-electron chi connectivity index (χ2n) is 14.4. The number of hydrogen-bond acceptors (Lipinski definition) is 4. The Morgan fingerprint density at radius 3 is 2.09 bits per heavy atom. The number of carbonyl (C=O) groups is 2. The highest BCUT2D eigenvalue weighted by atomic mass is 19.4. The number of pyridine rings is 1. The maximum Gasteiger partial charge on any atom is 0.416 e. The van der Waals surface area contributed by atoms with E-state index < -0.39 is 76.6 Å². The van der Waals surface area contributed by atoms with Crippen molar-refractivity contribution in [2.24, 2.45) is 5.92 Å². The van der Waals surface area contributed by atoms with Crippen molar-refractivity contribution in [1.29, 1.82) is 0 Å². The van der Waals surface area contributed by atoms with Crippen LogP contribution < -0.4 is 10.9 Å². The first-order valence-electron chi connectivity index (χ1n) is 17.6. The van der Waals surface area contributed by atoms with Gasteiger partial charge in [0.05, 0.1) is 23.6 Å². The molecular formula is C40H45F6N3O4. The summed E-state index contributed by atoms with van der Waals surface area (Å²) in [4.78, 5) is 42.0. The molecule has 1 saturated heterocycles. The molecule has 2 atom stereocenters. The number of amides is 1. The Balaban J connectivity index is 1.88. The fraction of sp³-hybridized carbons (Fsp3) is 0.475. The highest BCUT2D eigenvalue weighted by Gasteiger charge is 2.39. The lowest BCUT2D eigenvalue weighted by molar-refractivity contribution is -0.139. The number of carbonyl (C=O) groups excluding carboxylic acids is 1. The van der Waals surface area contributed by atoms with Crippen LogP contribution in [0.2, 0.25) is 0 Å². The fourth-order valence-electron chi connectivity index (χ4n) is 7.27. The Kier molecular flexibility index (Phi) is 12.9. The number of halogens is 6. The Labute approximate surface area is 305 Å². The van der Waals surface area contributed by atoms with Crippen LogP contribution in [0.4, 0.5) is 26.3 Å². The Bertz CT molecular complexity index is 1960. The second kappa shape index (κ2) is 16.6. The molecule has 0 spiro atoms. The highest BCUT2D eigenvalue weighted by Crippen LogP contribution is 2.40. The zero-order valence-electron chi connectivity index (χ0n) is 30.9. The van der Waals surface area contributed by atoms with Gasteiger partial charge in [-0.15, -0.1) is 5.92 Å². The predicted octanol–water partition coefficient (Wildman–Crippen LogP) is 8.45. The van der Waals surface area contributed by atoms with Crippen LogP contribution in [0.1, 0.15) is 112 Å². The molecule has 3 aromatic rings. The Morgan fingerprint density at radius 2 is 1.58 bits per heavy atom. The summed E-state index contributed by atoms with van der Waals surface area (Å²) in [6.45, 7) is 12.9. The van der Waals surface area contributed by atoms with E-state index >= 15 is 8.78 Å². The summed E-state index contributed by atoms with van der Waals surface area (Å²) in [7, 11) is 0. The van der Waals surface area contributed by atoms with Gasteiger partial charge in [-0.2, -0.15) is 13.2 Å². The van der Waals surface area contributed by atoms with Gasteiger partial charge in [-0.05, 0) is 119 Å². The molecule has 53 heavy (non-hydrogen) atoms. The number of nitrogens with zero attached hydrogens (tertiary/aromatic N) is 2. The molecule has 2 heterocycles. The normalized spacial score (nSPS) is 15.3. The van der Waals surface area contributed by atoms with Crippen molar-refractivity contribution in [2.45, 2.75) is 104 Å². The molecule has 0 bridgehead atoms. The maximum atomic E-state index is 16.7. The standard InChI is InChI=1S/C40H45F6N3O4/c1-8-9-26-17-28(35-23(6)15-27(41)16-24(35)7)38(43)36(37(26)42)31(19-34(51)52)47-39(53)32(14-21(2)3)49-20-29(30(18-33(49)50)40(44,45)46)25-10-12-48(13-11-25)22(4)5/h15-18,20-22,25,31-32H,10-14,19H2,1-7H3,(H,47,53)(H,51,52)/t31-,32+/m0/s1. The minimum atomic E-state index is -4.86. The number of aryl methyl sites for hydroxylation is 2. The number of rotatable bonds is 11. The monoisotopic (exact) mass is 745 g/mol. The predicted molar refractivity (Wildman–Crippen MR) is 190 cm³/mol. The summed E-state index contributed by atoms with van der Waals surface area (Å²) in [5.74, 6) is -1.37. The number of carboxylic acids is 1. The van der Waals surface area contributed by atoms with Gasteiger partial charge < -0.3 is 19.9 Å². The number of nitrogens with one attached hydrogen (secondary N) is 1. The van der Waals surface area contributed by atoms with E-state index in [1.54, 1.807) is 13.8 Å². The van der Waals surface area contributed by atoms with Crippen LogP contribution in [-0.2, 0) is 15.8 Å². The molecule has 1 amide bonds. The molecule has 1 aliphatic rings. The van der Waals surface area contributed by atoms with Gasteiger partial charge in [0.2, 0.25) is 5.91 Å². The van der Waals surface area contributed by atoms with Gasteiger partial charge in [-0.25, -0.2) is 13.2 Å². The third-order valence-corrected chi connectivity index (χ3v) is 9.75. The van der Waals surface area contributed by atoms with Gasteiger partial charge in [-0.1, -0.05) is 19.8 Å². The van der Waals surface area contributed by atoms with Crippen molar-refractivity contribution in [3.05, 3.63) is 91.6 Å². The van der Waals surface area contributed by atoms with E-state index in [2.05, 4.69) is 22.1 Å². The first-order valence-corrected chi connectivity index (χ1v) is 17.6. The first kappa shape index (κ1) is 41.2. The van der Waals surface area contributed by atoms with E-state index in [9.17, 15) is 37.1 Å². The summed E-state index contributed by atoms with van der Waals surface area (Å²) in [6, 6.07) is 0.798. The van der Waals surface area contributed by atoms with Gasteiger partial charge in [0.25, 0.3) is 5.56 Å². The van der Waals surface area contributed by atoms with Crippen molar-refractivity contribution in [3.8, 4) is 23.0 Å². The van der Waals surface area contributed by atoms with Crippen molar-refractivity contribution >= 4 is 11.9 Å². The lowest BCUT2D eigenvalue weighted by Gasteiger charge is -2.36. The van der Waals surface area contributed by atoms with E-state index in [0.29, 0.717) is 43.1 Å². The number of alkyl halides is 3. The van der Waals surface area contributed by atoms with Crippen molar-refractivity contribution in [3.63, 3.8) is 0 Å². The molecule has 1 fully saturated rings. The van der Waals surface area contributed by atoms with Crippen LogP contribution in [0.25, 0.3) is 11.1 Å². The molecule has 0 saturated carbocycles. The second-order valence-corrected chi connectivity index (χ2v) is 14.4. The zero-order chi connectivity index (χ0) is 39.5.